The molecule has 5 aliphatic rings. The minimum Gasteiger partial charge on any atom is -0.459 e. The molecule has 0 aromatic carbocycles. The molecule has 0 aliphatic heterocycles. The highest BCUT2D eigenvalue weighted by atomic mass is 16.5. The summed E-state index contributed by atoms with van der Waals surface area (Å²) >= 11 is 0. The molecular formula is C22H28O4. The third kappa shape index (κ3) is 2.33. The largest absolute Gasteiger partial charge is 0.459 e. The van der Waals surface area contributed by atoms with Crippen molar-refractivity contribution in [2.75, 3.05) is 0 Å². The predicted octanol–water partition coefficient (Wildman–Crippen LogP) is 3.52. The first-order chi connectivity index (χ1) is 12.6. The average Bonchev–Trinajstić information content (AvgIpc) is 3.34. The van der Waals surface area contributed by atoms with E-state index in [0.717, 1.165) is 42.9 Å². The van der Waals surface area contributed by atoms with E-state index in [1.165, 1.54) is 31.4 Å². The zero-order valence-corrected chi connectivity index (χ0v) is 15.2. The number of carbonyl (C=O) groups is 2. The van der Waals surface area contributed by atoms with Crippen molar-refractivity contribution in [3.63, 3.8) is 0 Å². The van der Waals surface area contributed by atoms with Crippen molar-refractivity contribution in [3.8, 4) is 0 Å². The molecule has 0 aromatic rings. The Balaban J connectivity index is 1.33. The van der Waals surface area contributed by atoms with Crippen molar-refractivity contribution in [1.29, 1.82) is 0 Å². The third-order valence-corrected chi connectivity index (χ3v) is 8.44. The van der Waals surface area contributed by atoms with E-state index in [-0.39, 0.29) is 24.1 Å². The van der Waals surface area contributed by atoms with E-state index in [4.69, 9.17) is 9.47 Å². The Morgan fingerprint density at radius 1 is 0.692 bits per heavy atom. The number of hydrogen-bond donors (Lipinski definition) is 0. The molecule has 5 aliphatic carbocycles. The van der Waals surface area contributed by atoms with Crippen LogP contribution in [0.4, 0.5) is 0 Å². The molecule has 10 unspecified atom stereocenters. The molecule has 140 valence electrons. The van der Waals surface area contributed by atoms with Gasteiger partial charge in [0.25, 0.3) is 0 Å². The first-order valence-corrected chi connectivity index (χ1v) is 10.2. The molecule has 0 amide bonds. The summed E-state index contributed by atoms with van der Waals surface area (Å²) in [5, 5.41) is 0. The monoisotopic (exact) mass is 356 g/mol. The Bertz CT molecular complexity index is 655. The molecule has 5 rings (SSSR count). The molecule has 10 atom stereocenters. The summed E-state index contributed by atoms with van der Waals surface area (Å²) in [6.45, 7) is 7.07. The fourth-order valence-electron chi connectivity index (χ4n) is 7.96. The van der Waals surface area contributed by atoms with Gasteiger partial charge in [0, 0.05) is 12.2 Å². The van der Waals surface area contributed by atoms with Gasteiger partial charge in [-0.05, 0) is 85.9 Å². The van der Waals surface area contributed by atoms with Crippen molar-refractivity contribution in [3.05, 3.63) is 25.3 Å². The van der Waals surface area contributed by atoms with Gasteiger partial charge in [-0.15, -0.1) is 0 Å². The molecule has 4 bridgehead atoms. The van der Waals surface area contributed by atoms with Crippen LogP contribution in [0.5, 0.6) is 0 Å². The van der Waals surface area contributed by atoms with Gasteiger partial charge in [-0.3, -0.25) is 0 Å². The van der Waals surface area contributed by atoms with E-state index in [2.05, 4.69) is 13.2 Å². The minimum atomic E-state index is -0.282. The fourth-order valence-corrected chi connectivity index (χ4v) is 7.96. The molecule has 4 heteroatoms. The second kappa shape index (κ2) is 5.97. The van der Waals surface area contributed by atoms with Crippen LogP contribution in [0.15, 0.2) is 25.3 Å². The van der Waals surface area contributed by atoms with Crippen molar-refractivity contribution >= 4 is 11.9 Å². The van der Waals surface area contributed by atoms with Crippen LogP contribution in [-0.2, 0) is 19.1 Å². The standard InChI is InChI=1S/C22H28O4/c1-3-19(23)25-14-6-11-5-13(7-14)21-15(11)10-16-12-8-17(22(16)21)18(9-12)26-20(24)4-2/h3-4,11-18,21-22H,1-2,5-10H2. The van der Waals surface area contributed by atoms with E-state index in [0.29, 0.717) is 23.7 Å². The quantitative estimate of drug-likeness (QED) is 0.571. The van der Waals surface area contributed by atoms with Crippen LogP contribution < -0.4 is 0 Å². The fraction of sp³-hybridized carbons (Fsp3) is 0.727. The lowest BCUT2D eigenvalue weighted by Gasteiger charge is -2.37. The molecule has 0 saturated heterocycles. The Morgan fingerprint density at radius 2 is 1.35 bits per heavy atom. The van der Waals surface area contributed by atoms with Crippen LogP contribution in [0.3, 0.4) is 0 Å². The lowest BCUT2D eigenvalue weighted by Crippen LogP contribution is -2.37. The first-order valence-electron chi connectivity index (χ1n) is 10.2. The topological polar surface area (TPSA) is 52.6 Å². The van der Waals surface area contributed by atoms with E-state index in [1.807, 2.05) is 0 Å². The predicted molar refractivity (Wildman–Crippen MR) is 95.8 cm³/mol. The van der Waals surface area contributed by atoms with Gasteiger partial charge >= 0.3 is 11.9 Å². The van der Waals surface area contributed by atoms with E-state index < -0.39 is 0 Å². The lowest BCUT2D eigenvalue weighted by molar-refractivity contribution is -0.147. The summed E-state index contributed by atoms with van der Waals surface area (Å²) in [5.41, 5.74) is 0. The number of esters is 2. The smallest absolute Gasteiger partial charge is 0.330 e. The van der Waals surface area contributed by atoms with Crippen LogP contribution in [-0.4, -0.2) is 24.1 Å². The van der Waals surface area contributed by atoms with Crippen molar-refractivity contribution in [1.82, 2.24) is 0 Å². The highest BCUT2D eigenvalue weighted by Gasteiger charge is 2.66. The molecule has 0 heterocycles. The van der Waals surface area contributed by atoms with Crippen LogP contribution in [0, 0.1) is 47.3 Å². The normalized spacial score (nSPS) is 50.0. The zero-order chi connectivity index (χ0) is 18.0. The van der Waals surface area contributed by atoms with Crippen LogP contribution in [0.2, 0.25) is 0 Å². The zero-order valence-electron chi connectivity index (χ0n) is 15.2. The highest BCUT2D eigenvalue weighted by Crippen LogP contribution is 2.70. The summed E-state index contributed by atoms with van der Waals surface area (Å²) in [4.78, 5) is 23.3. The van der Waals surface area contributed by atoms with E-state index >= 15 is 0 Å². The molecule has 5 fully saturated rings. The van der Waals surface area contributed by atoms with Gasteiger partial charge in [-0.25, -0.2) is 9.59 Å². The minimum absolute atomic E-state index is 0.0706. The Labute approximate surface area is 155 Å². The highest BCUT2D eigenvalue weighted by molar-refractivity contribution is 5.81. The molecule has 0 aromatic heterocycles. The van der Waals surface area contributed by atoms with E-state index in [1.54, 1.807) is 0 Å². The molecule has 0 N–H and O–H groups in total. The van der Waals surface area contributed by atoms with Gasteiger partial charge in [0.2, 0.25) is 0 Å². The maximum Gasteiger partial charge on any atom is 0.330 e. The maximum atomic E-state index is 11.7. The summed E-state index contributed by atoms with van der Waals surface area (Å²) in [7, 11) is 0. The summed E-state index contributed by atoms with van der Waals surface area (Å²) < 4.78 is 11.3. The summed E-state index contributed by atoms with van der Waals surface area (Å²) in [5.74, 6) is 5.21. The van der Waals surface area contributed by atoms with Crippen molar-refractivity contribution in [2.45, 2.75) is 50.7 Å². The van der Waals surface area contributed by atoms with E-state index in [9.17, 15) is 9.59 Å². The lowest BCUT2D eigenvalue weighted by atomic mass is 9.71. The molecular weight excluding hydrogens is 328 g/mol. The Hall–Kier alpha value is -1.58. The van der Waals surface area contributed by atoms with Gasteiger partial charge in [-0.1, -0.05) is 13.2 Å². The van der Waals surface area contributed by atoms with Gasteiger partial charge < -0.3 is 9.47 Å². The Morgan fingerprint density at radius 3 is 2.12 bits per heavy atom. The number of carbonyl (C=O) groups excluding carboxylic acids is 2. The van der Waals surface area contributed by atoms with Crippen LogP contribution >= 0.6 is 0 Å². The van der Waals surface area contributed by atoms with Crippen molar-refractivity contribution in [2.24, 2.45) is 47.3 Å². The van der Waals surface area contributed by atoms with Gasteiger partial charge in [-0.2, -0.15) is 0 Å². The van der Waals surface area contributed by atoms with Gasteiger partial charge in [0.1, 0.15) is 12.2 Å². The maximum absolute atomic E-state index is 11.7. The SMILES string of the molecule is C=CC(=O)OC1CC2CC(C1)C1C2CC2C3CC(OC(=O)C=C)C(C3)C21. The van der Waals surface area contributed by atoms with Crippen molar-refractivity contribution < 1.29 is 19.1 Å². The molecule has 5 saturated carbocycles. The summed E-state index contributed by atoms with van der Waals surface area (Å²) in [6, 6.07) is 0. The van der Waals surface area contributed by atoms with Crippen LogP contribution in [0.1, 0.15) is 38.5 Å². The molecule has 0 spiro atoms. The molecule has 0 radical (unpaired) electrons. The first kappa shape index (κ1) is 16.6. The Kier molecular flexibility index (Phi) is 3.81. The van der Waals surface area contributed by atoms with Crippen LogP contribution in [0.25, 0.3) is 0 Å². The summed E-state index contributed by atoms with van der Waals surface area (Å²) in [6.07, 6.45) is 9.72. The number of ether oxygens (including phenoxy) is 2. The second-order valence-electron chi connectivity index (χ2n) is 9.28. The van der Waals surface area contributed by atoms with Gasteiger partial charge in [0.15, 0.2) is 0 Å². The number of fused-ring (bicyclic) bond motifs is 11. The number of hydrogen-bond acceptors (Lipinski definition) is 4. The third-order valence-electron chi connectivity index (χ3n) is 8.44. The second-order valence-corrected chi connectivity index (χ2v) is 9.28. The van der Waals surface area contributed by atoms with Gasteiger partial charge in [0.05, 0.1) is 0 Å². The molecule has 26 heavy (non-hydrogen) atoms. The number of rotatable bonds is 4. The average molecular weight is 356 g/mol. The molecule has 4 nitrogen and oxygen atoms in total.